The first-order valence-corrected chi connectivity index (χ1v) is 6.54. The zero-order valence-electron chi connectivity index (χ0n) is 11.1. The lowest BCUT2D eigenvalue weighted by atomic mass is 10.1. The normalized spacial score (nSPS) is 10.4. The molecule has 0 aliphatic heterocycles. The molecule has 0 heterocycles. The molecule has 0 bridgehead atoms. The molecule has 2 nitrogen and oxygen atoms in total. The maximum absolute atomic E-state index is 13.7. The third kappa shape index (κ3) is 3.47. The van der Waals surface area contributed by atoms with Crippen LogP contribution >= 0.6 is 0 Å². The van der Waals surface area contributed by atoms with E-state index in [1.54, 1.807) is 6.07 Å². The molecule has 0 radical (unpaired) electrons. The molecule has 0 unspecified atom stereocenters. The van der Waals surface area contributed by atoms with Crippen molar-refractivity contribution in [2.75, 3.05) is 17.2 Å². The van der Waals surface area contributed by atoms with Crippen molar-refractivity contribution in [2.45, 2.75) is 19.9 Å². The average molecular weight is 258 g/mol. The van der Waals surface area contributed by atoms with Gasteiger partial charge in [0.1, 0.15) is 5.82 Å². The number of hydrogen-bond acceptors (Lipinski definition) is 2. The Bertz CT molecular complexity index is 540. The predicted octanol–water partition coefficient (Wildman–Crippen LogP) is 3.82. The molecule has 0 aliphatic carbocycles. The fraction of sp³-hybridized carbons (Fsp3) is 0.250. The van der Waals surface area contributed by atoms with E-state index in [0.29, 0.717) is 12.1 Å². The molecule has 0 aromatic heterocycles. The molecule has 0 aliphatic rings. The summed E-state index contributed by atoms with van der Waals surface area (Å²) in [6.07, 6.45) is 1.00. The van der Waals surface area contributed by atoms with Gasteiger partial charge in [0, 0.05) is 30.0 Å². The maximum atomic E-state index is 13.7. The molecule has 2 N–H and O–H groups in total. The summed E-state index contributed by atoms with van der Waals surface area (Å²) in [7, 11) is 0. The molecule has 0 saturated carbocycles. The van der Waals surface area contributed by atoms with Crippen LogP contribution in [-0.2, 0) is 6.54 Å². The van der Waals surface area contributed by atoms with E-state index in [1.807, 2.05) is 36.4 Å². The van der Waals surface area contributed by atoms with Crippen LogP contribution in [0.25, 0.3) is 0 Å². The minimum absolute atomic E-state index is 0.160. The van der Waals surface area contributed by atoms with Gasteiger partial charge in [-0.3, -0.25) is 0 Å². The smallest absolute Gasteiger partial charge is 0.128 e. The van der Waals surface area contributed by atoms with E-state index >= 15 is 0 Å². The van der Waals surface area contributed by atoms with E-state index < -0.39 is 0 Å². The Balaban J connectivity index is 2.24. The molecule has 0 amide bonds. The van der Waals surface area contributed by atoms with Crippen molar-refractivity contribution in [3.63, 3.8) is 0 Å². The van der Waals surface area contributed by atoms with Crippen molar-refractivity contribution < 1.29 is 4.39 Å². The van der Waals surface area contributed by atoms with Crippen LogP contribution in [0, 0.1) is 5.82 Å². The Morgan fingerprint density at radius 1 is 1.11 bits per heavy atom. The molecular weight excluding hydrogens is 239 g/mol. The molecule has 2 aromatic carbocycles. The number of nitrogen functional groups attached to an aromatic ring is 1. The number of nitrogens with two attached hydrogens (primary N) is 1. The van der Waals surface area contributed by atoms with E-state index in [4.69, 9.17) is 5.73 Å². The Morgan fingerprint density at radius 3 is 2.58 bits per heavy atom. The van der Waals surface area contributed by atoms with Crippen molar-refractivity contribution in [3.05, 3.63) is 59.9 Å². The highest BCUT2D eigenvalue weighted by Crippen LogP contribution is 2.21. The molecule has 19 heavy (non-hydrogen) atoms. The summed E-state index contributed by atoms with van der Waals surface area (Å²) in [4.78, 5) is 2.15. The van der Waals surface area contributed by atoms with Gasteiger partial charge in [-0.25, -0.2) is 4.39 Å². The minimum atomic E-state index is -0.160. The molecule has 2 aromatic rings. The maximum Gasteiger partial charge on any atom is 0.128 e. The van der Waals surface area contributed by atoms with Crippen molar-refractivity contribution in [1.29, 1.82) is 0 Å². The second-order valence-electron chi connectivity index (χ2n) is 4.61. The zero-order chi connectivity index (χ0) is 13.7. The second-order valence-corrected chi connectivity index (χ2v) is 4.61. The molecule has 2 rings (SSSR count). The molecule has 0 spiro atoms. The number of halogens is 1. The molecule has 3 heteroatoms. The van der Waals surface area contributed by atoms with Gasteiger partial charge in [-0.2, -0.15) is 0 Å². The van der Waals surface area contributed by atoms with Crippen molar-refractivity contribution >= 4 is 11.4 Å². The lowest BCUT2D eigenvalue weighted by Crippen LogP contribution is -2.24. The van der Waals surface area contributed by atoms with Crippen LogP contribution < -0.4 is 10.6 Å². The summed E-state index contributed by atoms with van der Waals surface area (Å²) < 4.78 is 13.7. The monoisotopic (exact) mass is 258 g/mol. The molecule has 100 valence electrons. The van der Waals surface area contributed by atoms with E-state index in [-0.39, 0.29) is 5.82 Å². The van der Waals surface area contributed by atoms with Crippen molar-refractivity contribution in [2.24, 2.45) is 0 Å². The van der Waals surface area contributed by atoms with Crippen LogP contribution in [-0.4, -0.2) is 6.54 Å². The lowest BCUT2D eigenvalue weighted by Gasteiger charge is -2.25. The minimum Gasteiger partial charge on any atom is -0.399 e. The molecule has 0 fully saturated rings. The summed E-state index contributed by atoms with van der Waals surface area (Å²) in [6.45, 7) is 3.54. The first-order chi connectivity index (χ1) is 9.20. The van der Waals surface area contributed by atoms with Crippen LogP contribution in [0.5, 0.6) is 0 Å². The number of hydrogen-bond donors (Lipinski definition) is 1. The van der Waals surface area contributed by atoms with Crippen LogP contribution in [0.1, 0.15) is 18.9 Å². The fourth-order valence-corrected chi connectivity index (χ4v) is 2.12. The highest BCUT2D eigenvalue weighted by molar-refractivity contribution is 5.56. The summed E-state index contributed by atoms with van der Waals surface area (Å²) in [6, 6.07) is 14.6. The highest BCUT2D eigenvalue weighted by Gasteiger charge is 2.09. The van der Waals surface area contributed by atoms with Gasteiger partial charge >= 0.3 is 0 Å². The van der Waals surface area contributed by atoms with Crippen LogP contribution in [0.3, 0.4) is 0 Å². The van der Waals surface area contributed by atoms with Gasteiger partial charge in [0.05, 0.1) is 0 Å². The van der Waals surface area contributed by atoms with Gasteiger partial charge in [-0.05, 0) is 30.7 Å². The summed E-state index contributed by atoms with van der Waals surface area (Å²) >= 11 is 0. The van der Waals surface area contributed by atoms with E-state index in [2.05, 4.69) is 11.8 Å². The van der Waals surface area contributed by atoms with Crippen LogP contribution in [0.2, 0.25) is 0 Å². The number of nitrogens with zero attached hydrogens (tertiary/aromatic N) is 1. The second kappa shape index (κ2) is 6.23. The van der Waals surface area contributed by atoms with Gasteiger partial charge in [-0.1, -0.05) is 31.2 Å². The Morgan fingerprint density at radius 2 is 1.89 bits per heavy atom. The van der Waals surface area contributed by atoms with E-state index in [9.17, 15) is 4.39 Å². The molecule has 0 atom stereocenters. The first kappa shape index (κ1) is 13.4. The quantitative estimate of drug-likeness (QED) is 0.826. The Labute approximate surface area is 113 Å². The largest absolute Gasteiger partial charge is 0.399 e. The number of rotatable bonds is 5. The molecule has 0 saturated heterocycles. The van der Waals surface area contributed by atoms with Gasteiger partial charge in [-0.15, -0.1) is 0 Å². The van der Waals surface area contributed by atoms with Crippen molar-refractivity contribution in [1.82, 2.24) is 0 Å². The van der Waals surface area contributed by atoms with E-state index in [1.165, 1.54) is 6.07 Å². The SMILES string of the molecule is CCCN(Cc1ccccc1F)c1cccc(N)c1. The van der Waals surface area contributed by atoms with Gasteiger partial charge in [0.25, 0.3) is 0 Å². The summed E-state index contributed by atoms with van der Waals surface area (Å²) in [5.74, 6) is -0.160. The van der Waals surface area contributed by atoms with Gasteiger partial charge in [0.15, 0.2) is 0 Å². The Hall–Kier alpha value is -2.03. The topological polar surface area (TPSA) is 29.3 Å². The van der Waals surface area contributed by atoms with Crippen LogP contribution in [0.4, 0.5) is 15.8 Å². The highest BCUT2D eigenvalue weighted by atomic mass is 19.1. The Kier molecular flexibility index (Phi) is 4.39. The van der Waals surface area contributed by atoms with Gasteiger partial charge in [0.2, 0.25) is 0 Å². The summed E-state index contributed by atoms with van der Waals surface area (Å²) in [5, 5.41) is 0. The third-order valence-corrected chi connectivity index (χ3v) is 3.05. The third-order valence-electron chi connectivity index (χ3n) is 3.05. The van der Waals surface area contributed by atoms with Gasteiger partial charge < -0.3 is 10.6 Å². The van der Waals surface area contributed by atoms with E-state index in [0.717, 1.165) is 24.3 Å². The zero-order valence-corrected chi connectivity index (χ0v) is 11.1. The average Bonchev–Trinajstić information content (AvgIpc) is 2.40. The lowest BCUT2D eigenvalue weighted by molar-refractivity contribution is 0.603. The number of anilines is 2. The fourth-order valence-electron chi connectivity index (χ4n) is 2.12. The summed E-state index contributed by atoms with van der Waals surface area (Å²) in [5.41, 5.74) is 8.28. The van der Waals surface area contributed by atoms with Crippen LogP contribution in [0.15, 0.2) is 48.5 Å². The standard InChI is InChI=1S/C16H19FN2/c1-2-10-19(15-8-5-7-14(18)11-15)12-13-6-3-4-9-16(13)17/h3-9,11H,2,10,12,18H2,1H3. The predicted molar refractivity (Wildman–Crippen MR) is 78.6 cm³/mol. The number of benzene rings is 2. The molecular formula is C16H19FN2. The van der Waals surface area contributed by atoms with Crippen molar-refractivity contribution in [3.8, 4) is 0 Å². The first-order valence-electron chi connectivity index (χ1n) is 6.54.